The van der Waals surface area contributed by atoms with Gasteiger partial charge in [0.05, 0.1) is 5.39 Å². The second-order valence-corrected chi connectivity index (χ2v) is 4.56. The Morgan fingerprint density at radius 2 is 2.11 bits per heavy atom. The van der Waals surface area contributed by atoms with Crippen LogP contribution in [0.25, 0.3) is 11.0 Å². The van der Waals surface area contributed by atoms with E-state index in [4.69, 9.17) is 10.2 Å². The van der Waals surface area contributed by atoms with Gasteiger partial charge in [0.2, 0.25) is 0 Å². The summed E-state index contributed by atoms with van der Waals surface area (Å²) in [5.74, 6) is -0.438. The predicted molar refractivity (Wildman–Crippen MR) is 63.3 cm³/mol. The van der Waals surface area contributed by atoms with E-state index < -0.39 is 12.5 Å². The minimum Gasteiger partial charge on any atom is -0.451 e. The lowest BCUT2D eigenvalue weighted by atomic mass is 10.1. The van der Waals surface area contributed by atoms with Gasteiger partial charge in [-0.3, -0.25) is 4.79 Å². The van der Waals surface area contributed by atoms with Crippen LogP contribution in [0, 0.1) is 0 Å². The van der Waals surface area contributed by atoms with Crippen LogP contribution in [0.15, 0.2) is 22.6 Å². The number of fused-ring (bicyclic) bond motifs is 1. The maximum atomic E-state index is 12.4. The highest BCUT2D eigenvalue weighted by Crippen LogP contribution is 2.43. The van der Waals surface area contributed by atoms with Crippen LogP contribution in [0.5, 0.6) is 5.75 Å². The number of benzene rings is 1. The second kappa shape index (κ2) is 4.22. The van der Waals surface area contributed by atoms with Crippen molar-refractivity contribution in [3.63, 3.8) is 0 Å². The number of amides is 1. The van der Waals surface area contributed by atoms with E-state index >= 15 is 0 Å². The Bertz CT molecular complexity index is 647. The van der Waals surface area contributed by atoms with Crippen molar-refractivity contribution in [1.82, 2.24) is 0 Å². The fourth-order valence-electron chi connectivity index (χ4n) is 2.09. The zero-order valence-corrected chi connectivity index (χ0v) is 9.86. The molecule has 1 aromatic carbocycles. The van der Waals surface area contributed by atoms with Crippen molar-refractivity contribution >= 4 is 16.9 Å². The molecule has 0 atom stereocenters. The molecule has 0 aliphatic heterocycles. The fraction of sp³-hybridized carbons (Fsp3) is 0.308. The van der Waals surface area contributed by atoms with Crippen LogP contribution in [0.1, 0.15) is 34.9 Å². The number of hydrogen-bond donors (Lipinski definition) is 1. The third-order valence-electron chi connectivity index (χ3n) is 3.13. The van der Waals surface area contributed by atoms with E-state index in [1.54, 1.807) is 12.1 Å². The molecule has 1 aromatic heterocycles. The lowest BCUT2D eigenvalue weighted by Crippen LogP contribution is -2.09. The monoisotopic (exact) mass is 267 g/mol. The SMILES string of the molecule is NC(=O)c1cc2c(OC(F)F)cc(C3CC3)cc2o1. The van der Waals surface area contributed by atoms with E-state index in [9.17, 15) is 13.6 Å². The van der Waals surface area contributed by atoms with Crippen molar-refractivity contribution in [3.05, 3.63) is 29.5 Å². The lowest BCUT2D eigenvalue weighted by molar-refractivity contribution is -0.0488. The molecule has 0 radical (unpaired) electrons. The number of primary amides is 1. The Hall–Kier alpha value is -2.11. The molecule has 1 aliphatic carbocycles. The summed E-state index contributed by atoms with van der Waals surface area (Å²) < 4.78 is 34.6. The van der Waals surface area contributed by atoms with E-state index in [0.717, 1.165) is 18.4 Å². The zero-order chi connectivity index (χ0) is 13.6. The van der Waals surface area contributed by atoms with Gasteiger partial charge in [0.15, 0.2) is 5.76 Å². The van der Waals surface area contributed by atoms with Gasteiger partial charge in [-0.15, -0.1) is 0 Å². The maximum Gasteiger partial charge on any atom is 0.387 e. The first-order valence-electron chi connectivity index (χ1n) is 5.86. The molecule has 0 bridgehead atoms. The number of hydrogen-bond acceptors (Lipinski definition) is 3. The summed E-state index contributed by atoms with van der Waals surface area (Å²) in [7, 11) is 0. The van der Waals surface area contributed by atoms with Gasteiger partial charge in [0.25, 0.3) is 5.91 Å². The highest BCUT2D eigenvalue weighted by atomic mass is 19.3. The van der Waals surface area contributed by atoms with Crippen molar-refractivity contribution in [3.8, 4) is 5.75 Å². The molecular weight excluding hydrogens is 256 g/mol. The third-order valence-corrected chi connectivity index (χ3v) is 3.13. The largest absolute Gasteiger partial charge is 0.451 e. The molecule has 1 amide bonds. The van der Waals surface area contributed by atoms with E-state index in [1.165, 1.54) is 6.07 Å². The first-order valence-corrected chi connectivity index (χ1v) is 5.86. The number of halogens is 2. The topological polar surface area (TPSA) is 65.5 Å². The lowest BCUT2D eigenvalue weighted by Gasteiger charge is -2.07. The molecule has 1 saturated carbocycles. The molecule has 1 aliphatic rings. The summed E-state index contributed by atoms with van der Waals surface area (Å²) in [5, 5.41) is 0.332. The Labute approximate surface area is 107 Å². The Kier molecular flexibility index (Phi) is 2.66. The minimum absolute atomic E-state index is 0.0191. The number of carbonyl (C=O) groups is 1. The van der Waals surface area contributed by atoms with Crippen molar-refractivity contribution in [2.45, 2.75) is 25.4 Å². The Morgan fingerprint density at radius 3 is 2.68 bits per heavy atom. The van der Waals surface area contributed by atoms with Crippen molar-refractivity contribution in [2.24, 2.45) is 5.73 Å². The summed E-state index contributed by atoms with van der Waals surface area (Å²) in [6, 6.07) is 4.65. The minimum atomic E-state index is -2.93. The van der Waals surface area contributed by atoms with Crippen LogP contribution in [0.4, 0.5) is 8.78 Å². The number of rotatable bonds is 4. The second-order valence-electron chi connectivity index (χ2n) is 4.56. The predicted octanol–water partition coefficient (Wildman–Crippen LogP) is 3.01. The highest BCUT2D eigenvalue weighted by Gasteiger charge is 2.26. The van der Waals surface area contributed by atoms with Crippen LogP contribution in [0.2, 0.25) is 0 Å². The molecule has 4 nitrogen and oxygen atoms in total. The van der Waals surface area contributed by atoms with Gasteiger partial charge in [-0.05, 0) is 36.5 Å². The standard InChI is InChI=1S/C13H11F2NO3/c14-13(15)19-10-4-7(6-1-2-6)3-9-8(10)5-11(18-9)12(16)17/h3-6,13H,1-2H2,(H2,16,17). The molecule has 19 heavy (non-hydrogen) atoms. The molecular formula is C13H11F2NO3. The summed E-state index contributed by atoms with van der Waals surface area (Å²) >= 11 is 0. The van der Waals surface area contributed by atoms with Gasteiger partial charge in [-0.1, -0.05) is 0 Å². The Balaban J connectivity index is 2.15. The molecule has 6 heteroatoms. The van der Waals surface area contributed by atoms with Crippen molar-refractivity contribution < 1.29 is 22.7 Å². The number of ether oxygens (including phenoxy) is 1. The van der Waals surface area contributed by atoms with Crippen LogP contribution < -0.4 is 10.5 Å². The highest BCUT2D eigenvalue weighted by molar-refractivity contribution is 5.97. The van der Waals surface area contributed by atoms with Gasteiger partial charge in [0.1, 0.15) is 11.3 Å². The molecule has 0 saturated heterocycles. The molecule has 2 N–H and O–H groups in total. The molecule has 1 heterocycles. The molecule has 0 spiro atoms. The van der Waals surface area contributed by atoms with Crippen molar-refractivity contribution in [1.29, 1.82) is 0 Å². The average molecular weight is 267 g/mol. The first kappa shape index (κ1) is 12.0. The van der Waals surface area contributed by atoms with Gasteiger partial charge in [0, 0.05) is 6.07 Å². The van der Waals surface area contributed by atoms with E-state index in [0.29, 0.717) is 16.9 Å². The zero-order valence-electron chi connectivity index (χ0n) is 9.86. The quantitative estimate of drug-likeness (QED) is 0.926. The van der Waals surface area contributed by atoms with Crippen LogP contribution in [-0.4, -0.2) is 12.5 Å². The summed E-state index contributed by atoms with van der Waals surface area (Å²) in [6.45, 7) is -2.93. The maximum absolute atomic E-state index is 12.4. The van der Waals surface area contributed by atoms with Gasteiger partial charge in [-0.2, -0.15) is 8.78 Å². The summed E-state index contributed by atoms with van der Waals surface area (Å²) in [6.07, 6.45) is 2.03. The molecule has 100 valence electrons. The van der Waals surface area contributed by atoms with E-state index in [2.05, 4.69) is 4.74 Å². The smallest absolute Gasteiger partial charge is 0.387 e. The van der Waals surface area contributed by atoms with Crippen LogP contribution in [0.3, 0.4) is 0 Å². The third kappa shape index (κ3) is 2.25. The first-order chi connectivity index (χ1) is 9.04. The van der Waals surface area contributed by atoms with Gasteiger partial charge >= 0.3 is 6.61 Å². The number of alkyl halides is 2. The van der Waals surface area contributed by atoms with Crippen LogP contribution in [-0.2, 0) is 0 Å². The summed E-state index contributed by atoms with van der Waals surface area (Å²) in [5.41, 5.74) is 6.34. The van der Waals surface area contributed by atoms with E-state index in [-0.39, 0.29) is 11.5 Å². The number of nitrogens with two attached hydrogens (primary N) is 1. The van der Waals surface area contributed by atoms with E-state index in [1.807, 2.05) is 0 Å². The molecule has 3 rings (SSSR count). The normalized spacial score (nSPS) is 15.1. The molecule has 0 unspecified atom stereocenters. The molecule has 2 aromatic rings. The number of carbonyl (C=O) groups excluding carboxylic acids is 1. The number of furan rings is 1. The van der Waals surface area contributed by atoms with Crippen molar-refractivity contribution in [2.75, 3.05) is 0 Å². The molecule has 1 fully saturated rings. The fourth-order valence-corrected chi connectivity index (χ4v) is 2.09. The average Bonchev–Trinajstić information content (AvgIpc) is 3.07. The Morgan fingerprint density at radius 1 is 1.37 bits per heavy atom. The van der Waals surface area contributed by atoms with Gasteiger partial charge in [-0.25, -0.2) is 0 Å². The van der Waals surface area contributed by atoms with Gasteiger partial charge < -0.3 is 14.9 Å². The summed E-state index contributed by atoms with van der Waals surface area (Å²) in [4.78, 5) is 11.1. The van der Waals surface area contributed by atoms with Crippen LogP contribution >= 0.6 is 0 Å².